The molecule has 2 aliphatic rings. The van der Waals surface area contributed by atoms with Gasteiger partial charge in [-0.15, -0.1) is 0 Å². The normalized spacial score (nSPS) is 23.1. The van der Waals surface area contributed by atoms with Crippen molar-refractivity contribution in [3.8, 4) is 0 Å². The van der Waals surface area contributed by atoms with Crippen LogP contribution < -0.4 is 0 Å². The van der Waals surface area contributed by atoms with Crippen LogP contribution in [0.25, 0.3) is 0 Å². The molecular weight excluding hydrogens is 394 g/mol. The van der Waals surface area contributed by atoms with Gasteiger partial charge < -0.3 is 9.64 Å². The van der Waals surface area contributed by atoms with Crippen LogP contribution in [-0.2, 0) is 21.8 Å². The monoisotopic (exact) mass is 420 g/mol. The Morgan fingerprint density at radius 3 is 2.57 bits per heavy atom. The van der Waals surface area contributed by atoms with Gasteiger partial charge >= 0.3 is 0 Å². The largest absolute Gasteiger partial charge is 0.383 e. The molecular formula is C17H26F2N4O4S. The Morgan fingerprint density at radius 2 is 2.04 bits per heavy atom. The third-order valence-electron chi connectivity index (χ3n) is 5.76. The standard InChI is InChI=1S/C17H26F2N4O4S/c1-21-9-13(14(20-21)15(18)19)16(24)22-6-4-17(5-7-22)8-12(10-27-2)23(11-17)28(3,25)26/h9,12,15H,4-8,10-11H2,1-3H3/t12-/m1/s1. The molecule has 1 aromatic rings. The lowest BCUT2D eigenvalue weighted by Gasteiger charge is -2.39. The van der Waals surface area contributed by atoms with Crippen LogP contribution in [-0.4, -0.2) is 79.0 Å². The molecule has 1 amide bonds. The summed E-state index contributed by atoms with van der Waals surface area (Å²) in [5.41, 5.74) is -0.796. The summed E-state index contributed by atoms with van der Waals surface area (Å²) in [5.74, 6) is -0.454. The van der Waals surface area contributed by atoms with Gasteiger partial charge in [-0.1, -0.05) is 0 Å². The van der Waals surface area contributed by atoms with E-state index in [0.29, 0.717) is 45.5 Å². The number of carbonyl (C=O) groups excluding carboxylic acids is 1. The quantitative estimate of drug-likeness (QED) is 0.716. The van der Waals surface area contributed by atoms with Crippen LogP contribution in [0, 0.1) is 5.41 Å². The van der Waals surface area contributed by atoms with Crippen LogP contribution in [0.3, 0.4) is 0 Å². The van der Waals surface area contributed by atoms with E-state index in [0.717, 1.165) is 0 Å². The highest BCUT2D eigenvalue weighted by atomic mass is 32.2. The van der Waals surface area contributed by atoms with Crippen molar-refractivity contribution >= 4 is 15.9 Å². The lowest BCUT2D eigenvalue weighted by atomic mass is 9.76. The summed E-state index contributed by atoms with van der Waals surface area (Å²) in [6.45, 7) is 1.52. The molecule has 1 spiro atoms. The van der Waals surface area contributed by atoms with Gasteiger partial charge in [0.15, 0.2) is 0 Å². The average Bonchev–Trinajstić information content (AvgIpc) is 3.17. The third-order valence-corrected chi connectivity index (χ3v) is 7.04. The maximum atomic E-state index is 13.2. The van der Waals surface area contributed by atoms with E-state index in [1.165, 1.54) is 28.5 Å². The molecule has 0 radical (unpaired) electrons. The summed E-state index contributed by atoms with van der Waals surface area (Å²) in [7, 11) is -0.311. The fourth-order valence-electron chi connectivity index (χ4n) is 4.40. The van der Waals surface area contributed by atoms with Crippen molar-refractivity contribution in [3.05, 3.63) is 17.5 Å². The van der Waals surface area contributed by atoms with Gasteiger partial charge in [-0.3, -0.25) is 9.48 Å². The number of alkyl halides is 2. The number of carbonyl (C=O) groups is 1. The molecule has 2 saturated heterocycles. The van der Waals surface area contributed by atoms with Gasteiger partial charge in [0, 0.05) is 46.0 Å². The first-order valence-corrected chi connectivity index (χ1v) is 11.0. The molecule has 2 aliphatic heterocycles. The van der Waals surface area contributed by atoms with E-state index in [-0.39, 0.29) is 17.0 Å². The van der Waals surface area contributed by atoms with Gasteiger partial charge in [0.1, 0.15) is 5.69 Å². The number of aromatic nitrogens is 2. The van der Waals surface area contributed by atoms with E-state index in [2.05, 4.69) is 5.10 Å². The number of halogens is 2. The predicted octanol–water partition coefficient (Wildman–Crippen LogP) is 1.26. The molecule has 0 unspecified atom stereocenters. The molecule has 3 rings (SSSR count). The van der Waals surface area contributed by atoms with E-state index in [1.54, 1.807) is 12.0 Å². The number of sulfonamides is 1. The van der Waals surface area contributed by atoms with Gasteiger partial charge in [-0.25, -0.2) is 17.2 Å². The maximum Gasteiger partial charge on any atom is 0.282 e. The number of hydrogen-bond acceptors (Lipinski definition) is 5. The number of piperidine rings is 1. The molecule has 1 aromatic heterocycles. The number of aryl methyl sites for hydroxylation is 1. The summed E-state index contributed by atoms with van der Waals surface area (Å²) in [6, 6.07) is -0.217. The molecule has 28 heavy (non-hydrogen) atoms. The lowest BCUT2D eigenvalue weighted by Crippen LogP contribution is -2.44. The van der Waals surface area contributed by atoms with E-state index >= 15 is 0 Å². The third kappa shape index (κ3) is 4.06. The van der Waals surface area contributed by atoms with Gasteiger partial charge in [0.2, 0.25) is 10.0 Å². The van der Waals surface area contributed by atoms with Gasteiger partial charge in [-0.2, -0.15) is 9.40 Å². The Morgan fingerprint density at radius 1 is 1.39 bits per heavy atom. The second kappa shape index (κ2) is 7.68. The van der Waals surface area contributed by atoms with E-state index < -0.39 is 28.0 Å². The number of likely N-dealkylation sites (tertiary alicyclic amines) is 1. The SMILES string of the molecule is COC[C@H]1CC2(CCN(C(=O)c3cn(C)nc3C(F)F)CC2)CN1S(C)(=O)=O. The minimum Gasteiger partial charge on any atom is -0.383 e. The first kappa shape index (κ1) is 21.1. The van der Waals surface area contributed by atoms with Gasteiger partial charge in [0.25, 0.3) is 12.3 Å². The molecule has 0 saturated carbocycles. The lowest BCUT2D eigenvalue weighted by molar-refractivity contribution is 0.0585. The van der Waals surface area contributed by atoms with Crippen molar-refractivity contribution in [1.82, 2.24) is 19.0 Å². The zero-order valence-electron chi connectivity index (χ0n) is 16.3. The van der Waals surface area contributed by atoms with E-state index in [9.17, 15) is 22.0 Å². The van der Waals surface area contributed by atoms with Crippen LogP contribution in [0.2, 0.25) is 0 Å². The smallest absolute Gasteiger partial charge is 0.282 e. The second-order valence-electron chi connectivity index (χ2n) is 7.82. The highest BCUT2D eigenvalue weighted by molar-refractivity contribution is 7.88. The molecule has 0 aliphatic carbocycles. The number of amides is 1. The molecule has 0 N–H and O–H groups in total. The van der Waals surface area contributed by atoms with Crippen molar-refractivity contribution < 1.29 is 26.7 Å². The number of nitrogens with zero attached hydrogens (tertiary/aromatic N) is 4. The molecule has 8 nitrogen and oxygen atoms in total. The Labute approximate surface area is 163 Å². The van der Waals surface area contributed by atoms with Crippen molar-refractivity contribution in [1.29, 1.82) is 0 Å². The number of methoxy groups -OCH3 is 1. The second-order valence-corrected chi connectivity index (χ2v) is 9.75. The summed E-state index contributed by atoms with van der Waals surface area (Å²) in [4.78, 5) is 14.3. The maximum absolute atomic E-state index is 13.2. The van der Waals surface area contributed by atoms with Crippen molar-refractivity contribution in [2.24, 2.45) is 12.5 Å². The minimum atomic E-state index is -3.36. The molecule has 1 atom stereocenters. The summed E-state index contributed by atoms with van der Waals surface area (Å²) in [5, 5.41) is 3.70. The van der Waals surface area contributed by atoms with Gasteiger partial charge in [-0.05, 0) is 24.7 Å². The summed E-state index contributed by atoms with van der Waals surface area (Å²) in [6.07, 6.45) is 1.62. The Kier molecular flexibility index (Phi) is 5.79. The Bertz CT molecular complexity index is 834. The van der Waals surface area contributed by atoms with Crippen molar-refractivity contribution in [3.63, 3.8) is 0 Å². The summed E-state index contributed by atoms with van der Waals surface area (Å²) >= 11 is 0. The molecule has 0 bridgehead atoms. The van der Waals surface area contributed by atoms with Crippen LogP contribution in [0.15, 0.2) is 6.20 Å². The topological polar surface area (TPSA) is 84.7 Å². The van der Waals surface area contributed by atoms with Crippen LogP contribution in [0.5, 0.6) is 0 Å². The average molecular weight is 420 g/mol. The van der Waals surface area contributed by atoms with Crippen molar-refractivity contribution in [2.75, 3.05) is 39.6 Å². The fourth-order valence-corrected chi connectivity index (χ4v) is 5.58. The minimum absolute atomic E-state index is 0.0742. The molecule has 3 heterocycles. The zero-order chi connectivity index (χ0) is 20.7. The summed E-state index contributed by atoms with van der Waals surface area (Å²) < 4.78 is 58.5. The van der Waals surface area contributed by atoms with Gasteiger partial charge in [0.05, 0.1) is 18.4 Å². The van der Waals surface area contributed by atoms with Crippen molar-refractivity contribution in [2.45, 2.75) is 31.7 Å². The molecule has 0 aromatic carbocycles. The Balaban J connectivity index is 1.71. The zero-order valence-corrected chi connectivity index (χ0v) is 17.1. The van der Waals surface area contributed by atoms with Crippen LogP contribution in [0.4, 0.5) is 8.78 Å². The Hall–Kier alpha value is -1.59. The first-order valence-electron chi connectivity index (χ1n) is 9.13. The predicted molar refractivity (Wildman–Crippen MR) is 97.6 cm³/mol. The first-order chi connectivity index (χ1) is 13.1. The molecule has 11 heteroatoms. The highest BCUT2D eigenvalue weighted by Gasteiger charge is 2.49. The van der Waals surface area contributed by atoms with Crippen LogP contribution in [0.1, 0.15) is 41.7 Å². The highest BCUT2D eigenvalue weighted by Crippen LogP contribution is 2.44. The fraction of sp³-hybridized carbons (Fsp3) is 0.765. The molecule has 158 valence electrons. The van der Waals surface area contributed by atoms with E-state index in [4.69, 9.17) is 4.74 Å². The molecule has 2 fully saturated rings. The number of hydrogen-bond donors (Lipinski definition) is 0. The van der Waals surface area contributed by atoms with E-state index in [1.807, 2.05) is 0 Å². The number of ether oxygens (including phenoxy) is 1. The van der Waals surface area contributed by atoms with Crippen LogP contribution >= 0.6 is 0 Å². The number of rotatable bonds is 5.